The molecule has 0 saturated carbocycles. The second kappa shape index (κ2) is 8.53. The maximum Gasteiger partial charge on any atom is 0.254 e. The minimum absolute atomic E-state index is 0.0961. The summed E-state index contributed by atoms with van der Waals surface area (Å²) in [6.07, 6.45) is 0.542. The third-order valence-electron chi connectivity index (χ3n) is 3.22. The van der Waals surface area contributed by atoms with Crippen LogP contribution in [0.25, 0.3) is 0 Å². The van der Waals surface area contributed by atoms with E-state index in [2.05, 4.69) is 9.97 Å². The zero-order valence-electron chi connectivity index (χ0n) is 12.8. The van der Waals surface area contributed by atoms with Gasteiger partial charge in [-0.05, 0) is 20.3 Å². The molecule has 0 radical (unpaired) electrons. The highest BCUT2D eigenvalue weighted by Gasteiger charge is 2.15. The Morgan fingerprint density at radius 1 is 1.38 bits per heavy atom. The highest BCUT2D eigenvalue weighted by atomic mass is 16.5. The summed E-state index contributed by atoms with van der Waals surface area (Å²) in [6, 6.07) is 0. The number of nitrogens with zero attached hydrogens (tertiary/aromatic N) is 2. The molecule has 0 aliphatic carbocycles. The highest BCUT2D eigenvalue weighted by Crippen LogP contribution is 2.05. The van der Waals surface area contributed by atoms with Gasteiger partial charge in [-0.25, -0.2) is 4.98 Å². The number of aliphatic hydroxyl groups is 1. The van der Waals surface area contributed by atoms with Crippen LogP contribution in [0, 0.1) is 13.8 Å². The molecular weight excluding hydrogens is 274 g/mol. The van der Waals surface area contributed by atoms with Gasteiger partial charge in [-0.15, -0.1) is 0 Å². The molecule has 7 heteroatoms. The number of hydrogen-bond acceptors (Lipinski definition) is 5. The number of carbonyl (C=O) groups is 1. The summed E-state index contributed by atoms with van der Waals surface area (Å²) in [4.78, 5) is 32.4. The van der Waals surface area contributed by atoms with Gasteiger partial charge in [0.25, 0.3) is 5.56 Å². The fraction of sp³-hybridized carbons (Fsp3) is 0.643. The van der Waals surface area contributed by atoms with Crippen LogP contribution < -0.4 is 5.56 Å². The Morgan fingerprint density at radius 2 is 2.10 bits per heavy atom. The summed E-state index contributed by atoms with van der Waals surface area (Å²) < 4.78 is 4.94. The Bertz CT molecular complexity index is 527. The van der Waals surface area contributed by atoms with E-state index in [-0.39, 0.29) is 31.0 Å². The molecule has 21 heavy (non-hydrogen) atoms. The summed E-state index contributed by atoms with van der Waals surface area (Å²) in [5, 5.41) is 8.99. The first kappa shape index (κ1) is 17.3. The van der Waals surface area contributed by atoms with E-state index in [4.69, 9.17) is 9.84 Å². The van der Waals surface area contributed by atoms with Crippen molar-refractivity contribution in [2.45, 2.75) is 26.7 Å². The zero-order chi connectivity index (χ0) is 15.8. The predicted octanol–water partition coefficient (Wildman–Crippen LogP) is -0.213. The highest BCUT2D eigenvalue weighted by molar-refractivity contribution is 5.76. The molecule has 0 saturated heterocycles. The van der Waals surface area contributed by atoms with Crippen LogP contribution in [0.1, 0.15) is 23.5 Å². The molecule has 118 valence electrons. The second-order valence-corrected chi connectivity index (χ2v) is 4.81. The molecule has 1 amide bonds. The molecule has 0 atom stereocenters. The number of carbonyl (C=O) groups excluding carboxylic acids is 1. The maximum absolute atomic E-state index is 12.1. The standard InChI is InChI=1S/C14H23N3O4/c1-10-12(14(20)16-11(2)15-10)4-5-13(19)17(6-8-18)7-9-21-3/h18H,4-9H2,1-3H3,(H,15,16,20). The van der Waals surface area contributed by atoms with Gasteiger partial charge in [0, 0.05) is 37.9 Å². The van der Waals surface area contributed by atoms with Crippen LogP contribution in [0.15, 0.2) is 4.79 Å². The number of amides is 1. The number of nitrogens with one attached hydrogen (secondary N) is 1. The van der Waals surface area contributed by atoms with Crippen molar-refractivity contribution in [1.82, 2.24) is 14.9 Å². The summed E-state index contributed by atoms with van der Waals surface area (Å²) in [5.74, 6) is 0.454. The minimum Gasteiger partial charge on any atom is -0.395 e. The van der Waals surface area contributed by atoms with Gasteiger partial charge < -0.3 is 19.7 Å². The van der Waals surface area contributed by atoms with Crippen LogP contribution in [-0.2, 0) is 16.0 Å². The normalized spacial score (nSPS) is 10.7. The summed E-state index contributed by atoms with van der Waals surface area (Å²) in [5.41, 5.74) is 0.984. The van der Waals surface area contributed by atoms with Crippen LogP contribution >= 0.6 is 0 Å². The molecule has 0 aliphatic rings. The Labute approximate surface area is 124 Å². The Balaban J connectivity index is 2.68. The van der Waals surface area contributed by atoms with Gasteiger partial charge >= 0.3 is 0 Å². The molecule has 1 aromatic rings. The van der Waals surface area contributed by atoms with Crippen LogP contribution in [0.2, 0.25) is 0 Å². The molecule has 7 nitrogen and oxygen atoms in total. The van der Waals surface area contributed by atoms with E-state index < -0.39 is 0 Å². The Kier molecular flexibility index (Phi) is 7.04. The van der Waals surface area contributed by atoms with Crippen molar-refractivity contribution in [1.29, 1.82) is 0 Å². The molecule has 0 bridgehead atoms. The van der Waals surface area contributed by atoms with Gasteiger partial charge in [0.05, 0.1) is 13.2 Å². The van der Waals surface area contributed by atoms with Crippen molar-refractivity contribution in [2.24, 2.45) is 0 Å². The van der Waals surface area contributed by atoms with Crippen LogP contribution in [0.3, 0.4) is 0 Å². The van der Waals surface area contributed by atoms with Gasteiger partial charge in [-0.2, -0.15) is 0 Å². The van der Waals surface area contributed by atoms with Crippen molar-refractivity contribution >= 4 is 5.91 Å². The third kappa shape index (κ3) is 5.28. The van der Waals surface area contributed by atoms with Crippen molar-refractivity contribution in [2.75, 3.05) is 33.4 Å². The van der Waals surface area contributed by atoms with Crippen molar-refractivity contribution in [3.63, 3.8) is 0 Å². The lowest BCUT2D eigenvalue weighted by atomic mass is 10.1. The van der Waals surface area contributed by atoms with E-state index in [0.717, 1.165) is 0 Å². The van der Waals surface area contributed by atoms with Crippen molar-refractivity contribution in [3.8, 4) is 0 Å². The number of hydrogen-bond donors (Lipinski definition) is 2. The smallest absolute Gasteiger partial charge is 0.254 e. The molecule has 0 spiro atoms. The molecule has 2 N–H and O–H groups in total. The molecule has 1 heterocycles. The molecule has 1 rings (SSSR count). The second-order valence-electron chi connectivity index (χ2n) is 4.81. The molecular formula is C14H23N3O4. The first-order chi connectivity index (χ1) is 9.99. The number of rotatable bonds is 8. The Morgan fingerprint density at radius 3 is 2.67 bits per heavy atom. The van der Waals surface area contributed by atoms with Crippen LogP contribution in [0.4, 0.5) is 0 Å². The number of ether oxygens (including phenoxy) is 1. The third-order valence-corrected chi connectivity index (χ3v) is 3.22. The average molecular weight is 297 g/mol. The van der Waals surface area contributed by atoms with Gasteiger partial charge in [-0.1, -0.05) is 0 Å². The van der Waals surface area contributed by atoms with Crippen LogP contribution in [-0.4, -0.2) is 59.3 Å². The number of aromatic amines is 1. The molecule has 0 aromatic carbocycles. The molecule has 0 fully saturated rings. The number of methoxy groups -OCH3 is 1. The van der Waals surface area contributed by atoms with E-state index in [1.807, 2.05) is 0 Å². The molecule has 0 unspecified atom stereocenters. The van der Waals surface area contributed by atoms with E-state index in [1.54, 1.807) is 21.0 Å². The first-order valence-corrected chi connectivity index (χ1v) is 6.93. The maximum atomic E-state index is 12.1. The minimum atomic E-state index is -0.196. The fourth-order valence-electron chi connectivity index (χ4n) is 2.12. The molecule has 0 aliphatic heterocycles. The lowest BCUT2D eigenvalue weighted by molar-refractivity contribution is -0.132. The summed E-state index contributed by atoms with van der Waals surface area (Å²) in [7, 11) is 1.56. The van der Waals surface area contributed by atoms with E-state index in [9.17, 15) is 9.59 Å². The number of H-pyrrole nitrogens is 1. The van der Waals surface area contributed by atoms with Crippen molar-refractivity contribution in [3.05, 3.63) is 27.4 Å². The molecule has 1 aromatic heterocycles. The van der Waals surface area contributed by atoms with Crippen molar-refractivity contribution < 1.29 is 14.6 Å². The lowest BCUT2D eigenvalue weighted by Gasteiger charge is -2.21. The lowest BCUT2D eigenvalue weighted by Crippen LogP contribution is -2.36. The topological polar surface area (TPSA) is 95.5 Å². The van der Waals surface area contributed by atoms with Crippen LogP contribution in [0.5, 0.6) is 0 Å². The average Bonchev–Trinajstić information content (AvgIpc) is 2.42. The Hall–Kier alpha value is -1.73. The monoisotopic (exact) mass is 297 g/mol. The van der Waals surface area contributed by atoms with Gasteiger partial charge in [0.15, 0.2) is 0 Å². The summed E-state index contributed by atoms with van der Waals surface area (Å²) >= 11 is 0. The summed E-state index contributed by atoms with van der Waals surface area (Å²) in [6.45, 7) is 4.50. The van der Waals surface area contributed by atoms with E-state index >= 15 is 0 Å². The number of aryl methyl sites for hydroxylation is 2. The fourth-order valence-corrected chi connectivity index (χ4v) is 2.12. The van der Waals surface area contributed by atoms with Gasteiger partial charge in [0.2, 0.25) is 5.91 Å². The number of aromatic nitrogens is 2. The van der Waals surface area contributed by atoms with E-state index in [0.29, 0.717) is 36.7 Å². The largest absolute Gasteiger partial charge is 0.395 e. The first-order valence-electron chi connectivity index (χ1n) is 6.93. The van der Waals surface area contributed by atoms with Gasteiger partial charge in [-0.3, -0.25) is 9.59 Å². The zero-order valence-corrected chi connectivity index (χ0v) is 12.8. The van der Waals surface area contributed by atoms with E-state index in [1.165, 1.54) is 4.90 Å². The SMILES string of the molecule is COCCN(CCO)C(=O)CCc1c(C)nc(C)[nH]c1=O. The van der Waals surface area contributed by atoms with Gasteiger partial charge in [0.1, 0.15) is 5.82 Å². The predicted molar refractivity (Wildman–Crippen MR) is 78.2 cm³/mol. The quantitative estimate of drug-likeness (QED) is 0.692. The number of aliphatic hydroxyl groups excluding tert-OH is 1.